The third-order valence-electron chi connectivity index (χ3n) is 9.32. The number of hydrogen-bond donors (Lipinski definition) is 3. The van der Waals surface area contributed by atoms with Crippen molar-refractivity contribution in [2.75, 3.05) is 11.3 Å². The summed E-state index contributed by atoms with van der Waals surface area (Å²) in [7, 11) is -3.53. The maximum atomic E-state index is 14.0. The summed E-state index contributed by atoms with van der Waals surface area (Å²) >= 11 is 0. The van der Waals surface area contributed by atoms with Gasteiger partial charge in [-0.25, -0.2) is 13.4 Å². The summed E-state index contributed by atoms with van der Waals surface area (Å²) < 4.78 is 30.9. The average Bonchev–Trinajstić information content (AvgIpc) is 2.99. The second-order valence-electron chi connectivity index (χ2n) is 12.4. The summed E-state index contributed by atoms with van der Waals surface area (Å²) in [5.41, 5.74) is 8.58. The first-order valence-corrected chi connectivity index (χ1v) is 17.5. The van der Waals surface area contributed by atoms with Gasteiger partial charge < -0.3 is 10.3 Å². The van der Waals surface area contributed by atoms with Crippen LogP contribution in [0, 0.1) is 5.41 Å². The molecule has 2 heterocycles. The summed E-state index contributed by atoms with van der Waals surface area (Å²) in [5, 5.41) is 7.44. The highest BCUT2D eigenvalue weighted by Gasteiger charge is 2.27. The fraction of sp³-hybridized carbons (Fsp3) is 0.545. The van der Waals surface area contributed by atoms with Gasteiger partial charge in [-0.2, -0.15) is 0 Å². The number of nitrogens with one attached hydrogen (secondary N) is 2. The number of nitrogen functional groups attached to an aromatic ring is 1. The minimum Gasteiger partial charge on any atom is -0.384 e. The molecule has 1 aliphatic heterocycles. The maximum Gasteiger partial charge on any atom is 0.277 e. The van der Waals surface area contributed by atoms with E-state index in [9.17, 15) is 13.2 Å². The molecule has 10 heteroatoms. The largest absolute Gasteiger partial charge is 0.384 e. The Balaban J connectivity index is 1.43. The number of benzene rings is 2. The van der Waals surface area contributed by atoms with Gasteiger partial charge in [-0.1, -0.05) is 50.3 Å². The lowest BCUT2D eigenvalue weighted by molar-refractivity contribution is 0.101. The zero-order valence-corrected chi connectivity index (χ0v) is 26.3. The van der Waals surface area contributed by atoms with Crippen LogP contribution < -0.4 is 16.0 Å². The Hall–Kier alpha value is -3.24. The third-order valence-corrected chi connectivity index (χ3v) is 11.2. The van der Waals surface area contributed by atoms with Crippen LogP contribution in [0.15, 0.2) is 47.3 Å². The van der Waals surface area contributed by atoms with Gasteiger partial charge in [-0.05, 0) is 83.2 Å². The van der Waals surface area contributed by atoms with Crippen LogP contribution in [0.1, 0.15) is 90.0 Å². The molecule has 9 nitrogen and oxygen atoms in total. The number of piperidine rings is 1. The number of fused-ring (bicyclic) bond motifs is 1. The first-order valence-electron chi connectivity index (χ1n) is 15.9. The molecule has 43 heavy (non-hydrogen) atoms. The van der Waals surface area contributed by atoms with Gasteiger partial charge in [0.1, 0.15) is 11.5 Å². The lowest BCUT2D eigenvalue weighted by atomic mass is 9.97. The third kappa shape index (κ3) is 7.29. The number of likely N-dealkylation sites (tertiary alicyclic amines) is 1. The molecule has 1 aliphatic carbocycles. The van der Waals surface area contributed by atoms with Crippen molar-refractivity contribution in [3.63, 3.8) is 0 Å². The summed E-state index contributed by atoms with van der Waals surface area (Å²) in [6.07, 6.45) is 10.9. The van der Waals surface area contributed by atoms with Gasteiger partial charge >= 0.3 is 0 Å². The molecule has 1 saturated heterocycles. The zero-order chi connectivity index (χ0) is 30.6. The van der Waals surface area contributed by atoms with Gasteiger partial charge in [0.2, 0.25) is 10.0 Å². The maximum absolute atomic E-state index is 14.0. The van der Waals surface area contributed by atoms with Crippen LogP contribution in [-0.4, -0.2) is 52.6 Å². The number of amidine groups is 1. The van der Waals surface area contributed by atoms with Gasteiger partial charge in [0.25, 0.3) is 5.56 Å². The lowest BCUT2D eigenvalue weighted by Gasteiger charge is -2.39. The molecule has 2 fully saturated rings. The molecule has 2 aliphatic rings. The Labute approximate surface area is 255 Å². The van der Waals surface area contributed by atoms with Crippen LogP contribution in [0.5, 0.6) is 0 Å². The molecule has 0 unspecified atom stereocenters. The Morgan fingerprint density at radius 3 is 2.40 bits per heavy atom. The highest BCUT2D eigenvalue weighted by atomic mass is 32.2. The number of unbranched alkanes of at least 4 members (excludes halogenated alkanes) is 2. The topological polar surface area (TPSA) is 134 Å². The van der Waals surface area contributed by atoms with E-state index in [1.165, 1.54) is 19.3 Å². The smallest absolute Gasteiger partial charge is 0.277 e. The number of anilines is 1. The standard InChI is InChI=1S/C33H46N6O3S/c1-23-11-9-12-24(2)38(23)19-7-4-8-20-39-30-22-27(37-43(41,42)28-15-5-3-6-16-28)17-18-29(30)36-31(33(39)40)25-13-10-14-26(21-25)32(34)35/h10,13-14,17-18,21-24,28,37H,3-9,11-12,15-16,19-20H2,1-2H3,(H3,34,35)/t23-,24+. The molecular weight excluding hydrogens is 560 g/mol. The first kappa shape index (κ1) is 31.2. The van der Waals surface area contributed by atoms with E-state index in [2.05, 4.69) is 23.5 Å². The second kappa shape index (κ2) is 13.6. The van der Waals surface area contributed by atoms with E-state index in [1.807, 2.05) is 0 Å². The van der Waals surface area contributed by atoms with E-state index in [4.69, 9.17) is 16.1 Å². The molecule has 4 N–H and O–H groups in total. The fourth-order valence-electron chi connectivity index (χ4n) is 6.83. The quantitative estimate of drug-likeness (QED) is 0.142. The number of sulfonamides is 1. The number of nitrogens with two attached hydrogens (primary N) is 1. The molecule has 232 valence electrons. The molecule has 3 aromatic rings. The van der Waals surface area contributed by atoms with Crippen molar-refractivity contribution in [1.29, 1.82) is 5.41 Å². The summed E-state index contributed by atoms with van der Waals surface area (Å²) in [6, 6.07) is 13.5. The predicted molar refractivity (Wildman–Crippen MR) is 175 cm³/mol. The molecule has 5 rings (SSSR count). The number of aromatic nitrogens is 2. The van der Waals surface area contributed by atoms with Gasteiger partial charge in [0.05, 0.1) is 22.0 Å². The van der Waals surface area contributed by atoms with Crippen LogP contribution in [0.4, 0.5) is 5.69 Å². The van der Waals surface area contributed by atoms with Gasteiger partial charge in [0.15, 0.2) is 0 Å². The summed E-state index contributed by atoms with van der Waals surface area (Å²) in [4.78, 5) is 21.3. The van der Waals surface area contributed by atoms with E-state index < -0.39 is 15.3 Å². The molecule has 0 amide bonds. The Morgan fingerprint density at radius 2 is 1.67 bits per heavy atom. The van der Waals surface area contributed by atoms with Crippen molar-refractivity contribution in [2.45, 2.75) is 108 Å². The van der Waals surface area contributed by atoms with Crippen molar-refractivity contribution >= 4 is 32.6 Å². The monoisotopic (exact) mass is 606 g/mol. The van der Waals surface area contributed by atoms with E-state index in [-0.39, 0.29) is 11.4 Å². The minimum absolute atomic E-state index is 0.0739. The molecule has 2 atom stereocenters. The molecule has 1 saturated carbocycles. The van der Waals surface area contributed by atoms with E-state index in [1.54, 1.807) is 47.0 Å². The van der Waals surface area contributed by atoms with Crippen LogP contribution in [0.3, 0.4) is 0 Å². The zero-order valence-electron chi connectivity index (χ0n) is 25.5. The number of rotatable bonds is 11. The Morgan fingerprint density at radius 1 is 0.953 bits per heavy atom. The molecule has 2 aromatic carbocycles. The van der Waals surface area contributed by atoms with Crippen molar-refractivity contribution in [2.24, 2.45) is 5.73 Å². The molecular formula is C33H46N6O3S. The minimum atomic E-state index is -3.53. The van der Waals surface area contributed by atoms with Crippen molar-refractivity contribution < 1.29 is 8.42 Å². The van der Waals surface area contributed by atoms with Gasteiger partial charge in [-0.3, -0.25) is 19.8 Å². The SMILES string of the molecule is C[C@@H]1CCC[C@H](C)N1CCCCCn1c(=O)c(-c2cccc(C(=N)N)c2)nc2ccc(NS(=O)(=O)C3CCCCC3)cc21. The predicted octanol–water partition coefficient (Wildman–Crippen LogP) is 5.86. The number of hydrogen-bond acceptors (Lipinski definition) is 6. The van der Waals surface area contributed by atoms with Crippen molar-refractivity contribution in [3.05, 3.63) is 58.4 Å². The fourth-order valence-corrected chi connectivity index (χ4v) is 8.40. The van der Waals surface area contributed by atoms with E-state index in [0.717, 1.165) is 45.1 Å². The lowest BCUT2D eigenvalue weighted by Crippen LogP contribution is -2.44. The van der Waals surface area contributed by atoms with Crippen LogP contribution >= 0.6 is 0 Å². The van der Waals surface area contributed by atoms with E-state index >= 15 is 0 Å². The Bertz CT molecular complexity index is 1600. The summed E-state index contributed by atoms with van der Waals surface area (Å²) in [5.74, 6) is -0.0739. The Kier molecular flexibility index (Phi) is 9.86. The summed E-state index contributed by atoms with van der Waals surface area (Å²) in [6.45, 7) is 6.20. The molecule has 1 aromatic heterocycles. The average molecular weight is 607 g/mol. The van der Waals surface area contributed by atoms with Crippen molar-refractivity contribution in [3.8, 4) is 11.3 Å². The van der Waals surface area contributed by atoms with E-state index in [0.29, 0.717) is 65.0 Å². The number of aryl methyl sites for hydroxylation is 1. The molecule has 0 radical (unpaired) electrons. The van der Waals surface area contributed by atoms with Crippen molar-refractivity contribution in [1.82, 2.24) is 14.5 Å². The highest BCUT2D eigenvalue weighted by Crippen LogP contribution is 2.28. The molecule has 0 bridgehead atoms. The highest BCUT2D eigenvalue weighted by molar-refractivity contribution is 7.93. The van der Waals surface area contributed by atoms with Gasteiger partial charge in [-0.15, -0.1) is 0 Å². The first-order chi connectivity index (χ1) is 20.6. The second-order valence-corrected chi connectivity index (χ2v) is 14.4. The normalized spacial score (nSPS) is 20.3. The number of nitrogens with zero attached hydrogens (tertiary/aromatic N) is 3. The van der Waals surface area contributed by atoms with Crippen LogP contribution in [0.25, 0.3) is 22.3 Å². The molecule has 0 spiro atoms. The van der Waals surface area contributed by atoms with Crippen LogP contribution in [0.2, 0.25) is 0 Å². The van der Waals surface area contributed by atoms with Gasteiger partial charge in [0, 0.05) is 29.8 Å². The van der Waals surface area contributed by atoms with Crippen LogP contribution in [-0.2, 0) is 16.6 Å².